The first kappa shape index (κ1) is 16.3. The number of hydrazone groups is 1. The smallest absolute Gasteiger partial charge is 0.258 e. The molecule has 1 aromatic heterocycles. The van der Waals surface area contributed by atoms with Crippen molar-refractivity contribution in [1.82, 2.24) is 10.7 Å². The molecule has 1 aromatic carbocycles. The third-order valence-corrected chi connectivity index (χ3v) is 2.73. The van der Waals surface area contributed by atoms with Gasteiger partial charge >= 0.3 is 0 Å². The number of nitrogens with zero attached hydrogens (tertiary/aromatic N) is 1. The van der Waals surface area contributed by atoms with Crippen molar-refractivity contribution in [3.8, 4) is 5.75 Å². The zero-order valence-electron chi connectivity index (χ0n) is 12.6. The molecule has 7 heteroatoms. The van der Waals surface area contributed by atoms with E-state index < -0.39 is 0 Å². The van der Waals surface area contributed by atoms with Crippen molar-refractivity contribution >= 4 is 18.0 Å². The van der Waals surface area contributed by atoms with Crippen molar-refractivity contribution in [2.24, 2.45) is 5.10 Å². The first-order valence-electron chi connectivity index (χ1n) is 6.95. The van der Waals surface area contributed by atoms with Crippen molar-refractivity contribution in [3.05, 3.63) is 54.0 Å². The summed E-state index contributed by atoms with van der Waals surface area (Å²) in [7, 11) is 0. The van der Waals surface area contributed by atoms with Gasteiger partial charge < -0.3 is 14.5 Å². The van der Waals surface area contributed by atoms with Gasteiger partial charge in [0.15, 0.2) is 6.61 Å². The number of amides is 2. The van der Waals surface area contributed by atoms with Crippen LogP contribution in [0.15, 0.2) is 52.2 Å². The number of carbonyl (C=O) groups is 2. The van der Waals surface area contributed by atoms with E-state index in [4.69, 9.17) is 9.15 Å². The largest absolute Gasteiger partial charge is 0.484 e. The Morgan fingerprint density at radius 1 is 1.26 bits per heavy atom. The number of carbonyl (C=O) groups excluding carboxylic acids is 2. The topological polar surface area (TPSA) is 92.9 Å². The molecule has 0 aliphatic heterocycles. The maximum Gasteiger partial charge on any atom is 0.258 e. The highest BCUT2D eigenvalue weighted by Crippen LogP contribution is 2.10. The third-order valence-electron chi connectivity index (χ3n) is 2.73. The van der Waals surface area contributed by atoms with Crippen molar-refractivity contribution in [3.63, 3.8) is 0 Å². The number of hydrogen-bond acceptors (Lipinski definition) is 5. The van der Waals surface area contributed by atoms with Gasteiger partial charge in [-0.1, -0.05) is 0 Å². The number of ether oxygens (including phenoxy) is 1. The summed E-state index contributed by atoms with van der Waals surface area (Å²) in [5.41, 5.74) is 3.11. The number of benzene rings is 1. The lowest BCUT2D eigenvalue weighted by atomic mass is 10.2. The maximum absolute atomic E-state index is 11.6. The second kappa shape index (κ2) is 8.38. The Labute approximate surface area is 133 Å². The maximum atomic E-state index is 11.6. The molecule has 7 nitrogen and oxygen atoms in total. The van der Waals surface area contributed by atoms with E-state index in [0.717, 1.165) is 5.56 Å². The molecule has 0 saturated heterocycles. The minimum Gasteiger partial charge on any atom is -0.484 e. The summed E-state index contributed by atoms with van der Waals surface area (Å²) in [6, 6.07) is 10.5. The molecule has 2 N–H and O–H groups in total. The van der Waals surface area contributed by atoms with Crippen LogP contribution in [0.2, 0.25) is 0 Å². The van der Waals surface area contributed by atoms with E-state index in [0.29, 0.717) is 18.1 Å². The molecule has 0 spiro atoms. The highest BCUT2D eigenvalue weighted by Gasteiger charge is 2.04. The fraction of sp³-hybridized carbons (Fsp3) is 0.188. The summed E-state index contributed by atoms with van der Waals surface area (Å²) in [5.74, 6) is 0.774. The summed E-state index contributed by atoms with van der Waals surface area (Å²) < 4.78 is 10.5. The second-order valence-corrected chi connectivity index (χ2v) is 4.64. The van der Waals surface area contributed by atoms with Gasteiger partial charge in [0.2, 0.25) is 5.91 Å². The molecule has 0 atom stereocenters. The van der Waals surface area contributed by atoms with Crippen molar-refractivity contribution < 1.29 is 18.7 Å². The SMILES string of the molecule is CC(=O)N/N=C/c1ccc(OCC(=O)NCc2ccco2)cc1. The van der Waals surface area contributed by atoms with Gasteiger partial charge in [-0.2, -0.15) is 5.10 Å². The molecule has 2 amide bonds. The standard InChI is InChI=1S/C16H17N3O4/c1-12(20)19-18-9-13-4-6-14(7-5-13)23-11-16(21)17-10-15-3-2-8-22-15/h2-9H,10-11H2,1H3,(H,17,21)(H,19,20)/b18-9+. The Hall–Kier alpha value is -3.09. The zero-order valence-corrected chi connectivity index (χ0v) is 12.6. The summed E-state index contributed by atoms with van der Waals surface area (Å²) >= 11 is 0. The van der Waals surface area contributed by atoms with Gasteiger partial charge in [0, 0.05) is 6.92 Å². The van der Waals surface area contributed by atoms with E-state index in [9.17, 15) is 9.59 Å². The van der Waals surface area contributed by atoms with Crippen LogP contribution in [-0.2, 0) is 16.1 Å². The zero-order chi connectivity index (χ0) is 16.5. The Bertz CT molecular complexity index is 663. The molecule has 120 valence electrons. The van der Waals surface area contributed by atoms with E-state index in [1.165, 1.54) is 13.1 Å². The molecule has 0 radical (unpaired) electrons. The lowest BCUT2D eigenvalue weighted by Crippen LogP contribution is -2.28. The molecular formula is C16H17N3O4. The first-order valence-corrected chi connectivity index (χ1v) is 6.95. The van der Waals surface area contributed by atoms with Crippen LogP contribution < -0.4 is 15.5 Å². The van der Waals surface area contributed by atoms with Gasteiger partial charge in [-0.15, -0.1) is 0 Å². The predicted molar refractivity (Wildman–Crippen MR) is 83.9 cm³/mol. The van der Waals surface area contributed by atoms with Crippen LogP contribution in [-0.4, -0.2) is 24.6 Å². The van der Waals surface area contributed by atoms with Crippen LogP contribution in [0.3, 0.4) is 0 Å². The third kappa shape index (κ3) is 6.04. The van der Waals surface area contributed by atoms with Crippen molar-refractivity contribution in [1.29, 1.82) is 0 Å². The second-order valence-electron chi connectivity index (χ2n) is 4.64. The summed E-state index contributed by atoms with van der Waals surface area (Å²) in [6.07, 6.45) is 3.07. The molecule has 0 aliphatic carbocycles. The van der Waals surface area contributed by atoms with Crippen LogP contribution in [0.1, 0.15) is 18.2 Å². The summed E-state index contributed by atoms with van der Waals surface area (Å²) in [6.45, 7) is 1.62. The number of hydrogen-bond donors (Lipinski definition) is 2. The minimum atomic E-state index is -0.238. The number of furan rings is 1. The van der Waals surface area contributed by atoms with Crippen LogP contribution >= 0.6 is 0 Å². The van der Waals surface area contributed by atoms with Crippen LogP contribution in [0.25, 0.3) is 0 Å². The van der Waals surface area contributed by atoms with Gasteiger partial charge in [-0.3, -0.25) is 9.59 Å². The molecule has 0 aliphatic rings. The van der Waals surface area contributed by atoms with E-state index in [1.807, 2.05) is 0 Å². The number of rotatable bonds is 7. The monoisotopic (exact) mass is 315 g/mol. The average Bonchev–Trinajstić information content (AvgIpc) is 3.05. The van der Waals surface area contributed by atoms with E-state index >= 15 is 0 Å². The van der Waals surface area contributed by atoms with E-state index in [2.05, 4.69) is 15.8 Å². The Kier molecular flexibility index (Phi) is 5.93. The fourth-order valence-corrected chi connectivity index (χ4v) is 1.65. The van der Waals surface area contributed by atoms with Crippen molar-refractivity contribution in [2.45, 2.75) is 13.5 Å². The van der Waals surface area contributed by atoms with Gasteiger partial charge in [-0.25, -0.2) is 5.43 Å². The van der Waals surface area contributed by atoms with E-state index in [1.54, 1.807) is 42.7 Å². The van der Waals surface area contributed by atoms with Crippen LogP contribution in [0.5, 0.6) is 5.75 Å². The summed E-state index contributed by atoms with van der Waals surface area (Å²) in [4.78, 5) is 22.3. The van der Waals surface area contributed by atoms with Crippen molar-refractivity contribution in [2.75, 3.05) is 6.61 Å². The van der Waals surface area contributed by atoms with Crippen LogP contribution in [0.4, 0.5) is 0 Å². The summed E-state index contributed by atoms with van der Waals surface area (Å²) in [5, 5.41) is 6.44. The quantitative estimate of drug-likeness (QED) is 0.597. The van der Waals surface area contributed by atoms with Crippen LogP contribution in [0, 0.1) is 0 Å². The number of nitrogens with one attached hydrogen (secondary N) is 2. The average molecular weight is 315 g/mol. The normalized spacial score (nSPS) is 10.5. The Balaban J connectivity index is 1.73. The lowest BCUT2D eigenvalue weighted by molar-refractivity contribution is -0.123. The molecule has 0 fully saturated rings. The minimum absolute atomic E-state index is 0.0833. The molecule has 0 unspecified atom stereocenters. The molecule has 0 bridgehead atoms. The highest BCUT2D eigenvalue weighted by atomic mass is 16.5. The first-order chi connectivity index (χ1) is 11.1. The van der Waals surface area contributed by atoms with Gasteiger partial charge in [0.25, 0.3) is 5.91 Å². The molecule has 1 heterocycles. The lowest BCUT2D eigenvalue weighted by Gasteiger charge is -2.06. The van der Waals surface area contributed by atoms with E-state index in [-0.39, 0.29) is 18.4 Å². The molecule has 2 rings (SSSR count). The van der Waals surface area contributed by atoms with Gasteiger partial charge in [0.1, 0.15) is 11.5 Å². The fourth-order valence-electron chi connectivity index (χ4n) is 1.65. The molecular weight excluding hydrogens is 298 g/mol. The molecule has 0 saturated carbocycles. The Morgan fingerprint density at radius 3 is 2.70 bits per heavy atom. The molecule has 2 aromatic rings. The Morgan fingerprint density at radius 2 is 2.04 bits per heavy atom. The predicted octanol–water partition coefficient (Wildman–Crippen LogP) is 1.44. The highest BCUT2D eigenvalue weighted by molar-refractivity contribution is 5.81. The molecule has 23 heavy (non-hydrogen) atoms. The van der Waals surface area contributed by atoms with Gasteiger partial charge in [-0.05, 0) is 42.0 Å². The van der Waals surface area contributed by atoms with Gasteiger partial charge in [0.05, 0.1) is 19.0 Å².